The van der Waals surface area contributed by atoms with Crippen LogP contribution in [-0.4, -0.2) is 5.91 Å². The summed E-state index contributed by atoms with van der Waals surface area (Å²) in [6.45, 7) is 1.84. The molecule has 4 nitrogen and oxygen atoms in total. The largest absolute Gasteiger partial charge is 0.463 e. The molecule has 0 fully saturated rings. The summed E-state index contributed by atoms with van der Waals surface area (Å²) in [7, 11) is 0. The van der Waals surface area contributed by atoms with Crippen molar-refractivity contribution in [2.75, 3.05) is 5.32 Å². The first kappa shape index (κ1) is 18.4. The minimum atomic E-state index is -4.50. The summed E-state index contributed by atoms with van der Waals surface area (Å²) < 4.78 is 43.5. The Kier molecular flexibility index (Phi) is 4.85. The first-order valence-corrected chi connectivity index (χ1v) is 7.92. The Morgan fingerprint density at radius 1 is 1.15 bits per heavy atom. The smallest absolute Gasteiger partial charge is 0.416 e. The Bertz CT molecular complexity index is 1100. The van der Waals surface area contributed by atoms with E-state index in [2.05, 4.69) is 5.32 Å². The van der Waals surface area contributed by atoms with Crippen LogP contribution in [0, 0.1) is 6.92 Å². The second kappa shape index (κ2) is 7.11. The predicted octanol–water partition coefficient (Wildman–Crippen LogP) is 4.77. The molecule has 2 aromatic carbocycles. The number of hydrogen-bond acceptors (Lipinski definition) is 3. The highest BCUT2D eigenvalue weighted by atomic mass is 19.4. The van der Waals surface area contributed by atoms with Crippen LogP contribution in [0.3, 0.4) is 0 Å². The monoisotopic (exact) mass is 373 g/mol. The third kappa shape index (κ3) is 4.25. The van der Waals surface area contributed by atoms with E-state index >= 15 is 0 Å². The maximum Gasteiger partial charge on any atom is 0.416 e. The number of rotatable bonds is 3. The topological polar surface area (TPSA) is 59.3 Å². The molecule has 138 valence electrons. The number of alkyl halides is 3. The number of anilines is 1. The van der Waals surface area contributed by atoms with Gasteiger partial charge < -0.3 is 9.73 Å². The number of fused-ring (bicyclic) bond motifs is 1. The fourth-order valence-corrected chi connectivity index (χ4v) is 2.50. The van der Waals surface area contributed by atoms with Crippen molar-refractivity contribution in [2.45, 2.75) is 13.1 Å². The molecule has 1 N–H and O–H groups in total. The zero-order valence-corrected chi connectivity index (χ0v) is 14.1. The lowest BCUT2D eigenvalue weighted by Gasteiger charge is -2.08. The summed E-state index contributed by atoms with van der Waals surface area (Å²) in [6.07, 6.45) is -0.947. The van der Waals surface area contributed by atoms with Gasteiger partial charge in [0.2, 0.25) is 5.91 Å². The normalized spacial score (nSPS) is 11.9. The van der Waals surface area contributed by atoms with Crippen molar-refractivity contribution in [1.29, 1.82) is 0 Å². The van der Waals surface area contributed by atoms with Gasteiger partial charge in [-0.2, -0.15) is 13.2 Å². The van der Waals surface area contributed by atoms with Gasteiger partial charge in [-0.1, -0.05) is 17.7 Å². The summed E-state index contributed by atoms with van der Waals surface area (Å²) in [4.78, 5) is 24.4. The molecule has 1 heterocycles. The lowest BCUT2D eigenvalue weighted by Crippen LogP contribution is -2.11. The Hall–Kier alpha value is -3.35. The van der Waals surface area contributed by atoms with Crippen molar-refractivity contribution in [3.05, 3.63) is 81.7 Å². The molecule has 0 radical (unpaired) electrons. The highest BCUT2D eigenvalue weighted by Crippen LogP contribution is 2.30. The predicted molar refractivity (Wildman–Crippen MR) is 96.3 cm³/mol. The van der Waals surface area contributed by atoms with E-state index in [0.717, 1.165) is 23.8 Å². The number of hydrogen-bond donors (Lipinski definition) is 1. The number of carbonyl (C=O) groups excluding carboxylic acids is 1. The maximum atomic E-state index is 12.7. The molecule has 0 unspecified atom stereocenters. The average molecular weight is 373 g/mol. The van der Waals surface area contributed by atoms with Gasteiger partial charge in [0.15, 0.2) is 5.43 Å². The molecule has 0 saturated heterocycles. The third-order valence-corrected chi connectivity index (χ3v) is 3.83. The van der Waals surface area contributed by atoms with E-state index in [0.29, 0.717) is 11.0 Å². The van der Waals surface area contributed by atoms with Crippen LogP contribution < -0.4 is 10.7 Å². The van der Waals surface area contributed by atoms with Gasteiger partial charge in [0.1, 0.15) is 11.8 Å². The van der Waals surface area contributed by atoms with E-state index in [-0.39, 0.29) is 16.7 Å². The van der Waals surface area contributed by atoms with Gasteiger partial charge in [-0.05, 0) is 43.3 Å². The van der Waals surface area contributed by atoms with Crippen molar-refractivity contribution in [3.63, 3.8) is 0 Å². The van der Waals surface area contributed by atoms with Crippen molar-refractivity contribution >= 4 is 28.6 Å². The van der Waals surface area contributed by atoms with Gasteiger partial charge in [-0.25, -0.2) is 0 Å². The Balaban J connectivity index is 1.80. The van der Waals surface area contributed by atoms with Gasteiger partial charge in [0.25, 0.3) is 0 Å². The molecule has 1 amide bonds. The summed E-state index contributed by atoms with van der Waals surface area (Å²) in [6, 6.07) is 9.45. The standard InChI is InChI=1S/C20H14F3NO3/c1-12-5-7-17-16(9-12)19(26)13(11-27-17)6-8-18(25)24-15-4-2-3-14(10-15)20(21,22)23/h2-11H,1H3,(H,24,25)/b8-6+. The number of amides is 1. The number of halogens is 3. The van der Waals surface area contributed by atoms with Crippen molar-refractivity contribution in [3.8, 4) is 0 Å². The Morgan fingerprint density at radius 2 is 1.93 bits per heavy atom. The summed E-state index contributed by atoms with van der Waals surface area (Å²) >= 11 is 0. The fraction of sp³-hybridized carbons (Fsp3) is 0.100. The van der Waals surface area contributed by atoms with E-state index < -0.39 is 17.6 Å². The molecule has 0 atom stereocenters. The molecule has 0 bridgehead atoms. The van der Waals surface area contributed by atoms with Crippen molar-refractivity contribution in [1.82, 2.24) is 0 Å². The molecule has 0 aliphatic heterocycles. The van der Waals surface area contributed by atoms with Crippen LogP contribution in [0.2, 0.25) is 0 Å². The maximum absolute atomic E-state index is 12.7. The van der Waals surface area contributed by atoms with E-state index in [1.54, 1.807) is 12.1 Å². The van der Waals surface area contributed by atoms with Gasteiger partial charge in [-0.3, -0.25) is 9.59 Å². The van der Waals surface area contributed by atoms with E-state index in [1.807, 2.05) is 13.0 Å². The van der Waals surface area contributed by atoms with E-state index in [1.165, 1.54) is 24.5 Å². The zero-order chi connectivity index (χ0) is 19.6. The van der Waals surface area contributed by atoms with Crippen LogP contribution in [0.15, 0.2) is 64.0 Å². The van der Waals surface area contributed by atoms with Crippen LogP contribution in [-0.2, 0) is 11.0 Å². The molecule has 0 spiro atoms. The first-order chi connectivity index (χ1) is 12.7. The van der Waals surface area contributed by atoms with E-state index in [9.17, 15) is 22.8 Å². The van der Waals surface area contributed by atoms with Gasteiger partial charge in [-0.15, -0.1) is 0 Å². The minimum Gasteiger partial charge on any atom is -0.463 e. The molecular weight excluding hydrogens is 359 g/mol. The van der Waals surface area contributed by atoms with E-state index in [4.69, 9.17) is 4.42 Å². The molecule has 27 heavy (non-hydrogen) atoms. The number of aryl methyl sites for hydroxylation is 1. The Morgan fingerprint density at radius 3 is 2.67 bits per heavy atom. The highest BCUT2D eigenvalue weighted by Gasteiger charge is 2.30. The van der Waals surface area contributed by atoms with Gasteiger partial charge in [0.05, 0.1) is 16.5 Å². The number of nitrogens with one attached hydrogen (secondary N) is 1. The summed E-state index contributed by atoms with van der Waals surface area (Å²) in [5.41, 5.74) is 0.306. The van der Waals surface area contributed by atoms with Crippen LogP contribution >= 0.6 is 0 Å². The van der Waals surface area contributed by atoms with Crippen LogP contribution in [0.1, 0.15) is 16.7 Å². The highest BCUT2D eigenvalue weighted by molar-refractivity contribution is 6.02. The van der Waals surface area contributed by atoms with Crippen LogP contribution in [0.4, 0.5) is 18.9 Å². The number of benzene rings is 2. The second-order valence-corrected chi connectivity index (χ2v) is 5.92. The molecule has 0 saturated carbocycles. The van der Waals surface area contributed by atoms with Crippen molar-refractivity contribution in [2.24, 2.45) is 0 Å². The SMILES string of the molecule is Cc1ccc2occ(/C=C/C(=O)Nc3cccc(C(F)(F)F)c3)c(=O)c2c1. The van der Waals surface area contributed by atoms with Crippen LogP contribution in [0.5, 0.6) is 0 Å². The molecule has 3 rings (SSSR count). The molecule has 3 aromatic rings. The quantitative estimate of drug-likeness (QED) is 0.673. The van der Waals surface area contributed by atoms with Crippen LogP contribution in [0.25, 0.3) is 17.0 Å². The number of carbonyl (C=O) groups is 1. The van der Waals surface area contributed by atoms with Crippen molar-refractivity contribution < 1.29 is 22.4 Å². The van der Waals surface area contributed by atoms with Gasteiger partial charge >= 0.3 is 6.18 Å². The zero-order valence-electron chi connectivity index (χ0n) is 14.1. The Labute approximate surface area is 151 Å². The molecule has 0 aliphatic rings. The van der Waals surface area contributed by atoms with Gasteiger partial charge in [0, 0.05) is 11.8 Å². The average Bonchev–Trinajstić information content (AvgIpc) is 2.61. The lowest BCUT2D eigenvalue weighted by molar-refractivity contribution is -0.137. The second-order valence-electron chi connectivity index (χ2n) is 5.92. The summed E-state index contributed by atoms with van der Waals surface area (Å²) in [5.74, 6) is -0.668. The molecule has 1 aromatic heterocycles. The fourth-order valence-electron chi connectivity index (χ4n) is 2.50. The molecule has 0 aliphatic carbocycles. The first-order valence-electron chi connectivity index (χ1n) is 7.92. The third-order valence-electron chi connectivity index (χ3n) is 3.83. The summed E-state index contributed by atoms with van der Waals surface area (Å²) in [5, 5.41) is 2.72. The lowest BCUT2D eigenvalue weighted by atomic mass is 10.1. The minimum absolute atomic E-state index is 0.000598. The molecule has 7 heteroatoms. The molecular formula is C20H14F3NO3.